The molecule has 1 aliphatic rings. The van der Waals surface area contributed by atoms with Crippen molar-refractivity contribution in [3.63, 3.8) is 0 Å². The number of allylic oxidation sites excluding steroid dienone is 1. The smallest absolute Gasteiger partial charge is 0.295 e. The zero-order valence-electron chi connectivity index (χ0n) is 16.5. The van der Waals surface area contributed by atoms with Crippen LogP contribution in [0.1, 0.15) is 5.56 Å². The van der Waals surface area contributed by atoms with E-state index in [0.29, 0.717) is 49.7 Å². The Morgan fingerprint density at radius 2 is 1.87 bits per heavy atom. The monoisotopic (exact) mass is 407 g/mol. The van der Waals surface area contributed by atoms with E-state index in [0.717, 1.165) is 5.56 Å². The predicted octanol–water partition coefficient (Wildman–Crippen LogP) is 2.01. The summed E-state index contributed by atoms with van der Waals surface area (Å²) in [6, 6.07) is 9.57. The highest BCUT2D eigenvalue weighted by Gasteiger charge is 2.25. The van der Waals surface area contributed by atoms with Gasteiger partial charge in [0.1, 0.15) is 11.3 Å². The van der Waals surface area contributed by atoms with Crippen LogP contribution in [0, 0.1) is 5.82 Å². The third-order valence-electron chi connectivity index (χ3n) is 5.20. The van der Waals surface area contributed by atoms with Crippen LogP contribution in [0.5, 0.6) is 0 Å². The topological polar surface area (TPSA) is 71.3 Å². The number of rotatable bonds is 5. The van der Waals surface area contributed by atoms with Gasteiger partial charge in [-0.05, 0) is 29.8 Å². The minimum absolute atomic E-state index is 0.0130. The number of anilines is 1. The van der Waals surface area contributed by atoms with Gasteiger partial charge >= 0.3 is 0 Å². The van der Waals surface area contributed by atoms with Gasteiger partial charge in [0.05, 0.1) is 6.42 Å². The maximum absolute atomic E-state index is 13.0. The van der Waals surface area contributed by atoms with Crippen LogP contribution >= 0.6 is 0 Å². The Balaban J connectivity index is 1.50. The van der Waals surface area contributed by atoms with Gasteiger partial charge in [-0.1, -0.05) is 18.2 Å². The summed E-state index contributed by atoms with van der Waals surface area (Å²) in [5.41, 5.74) is 1.73. The van der Waals surface area contributed by atoms with E-state index >= 15 is 0 Å². The molecule has 3 heterocycles. The van der Waals surface area contributed by atoms with Crippen molar-refractivity contribution in [1.29, 1.82) is 0 Å². The van der Waals surface area contributed by atoms with Crippen molar-refractivity contribution in [2.24, 2.45) is 0 Å². The summed E-state index contributed by atoms with van der Waals surface area (Å²) in [5, 5.41) is 0. The standard InChI is InChI=1S/C22H22FN5O2/c1-2-10-28-20-18(4-3-9-24-20)25-21(22(28)30)27-13-11-26(12-14-27)19(29)15-16-5-7-17(23)8-6-16/h2-9H,1,10-15H2. The molecule has 0 aliphatic carbocycles. The molecule has 1 aromatic carbocycles. The number of hydrogen-bond acceptors (Lipinski definition) is 5. The van der Waals surface area contributed by atoms with Gasteiger partial charge in [0.15, 0.2) is 11.5 Å². The third kappa shape index (κ3) is 3.94. The molecule has 0 spiro atoms. The molecule has 7 nitrogen and oxygen atoms in total. The number of halogens is 1. The minimum Gasteiger partial charge on any atom is -0.348 e. The molecule has 2 aromatic heterocycles. The van der Waals surface area contributed by atoms with Crippen molar-refractivity contribution in [3.8, 4) is 0 Å². The quantitative estimate of drug-likeness (QED) is 0.605. The number of amides is 1. The largest absolute Gasteiger partial charge is 0.348 e. The van der Waals surface area contributed by atoms with Crippen LogP contribution in [0.3, 0.4) is 0 Å². The lowest BCUT2D eigenvalue weighted by Gasteiger charge is -2.35. The van der Waals surface area contributed by atoms with E-state index in [2.05, 4.69) is 16.5 Å². The molecule has 154 valence electrons. The summed E-state index contributed by atoms with van der Waals surface area (Å²) in [6.45, 7) is 6.08. The van der Waals surface area contributed by atoms with E-state index in [1.807, 2.05) is 11.0 Å². The van der Waals surface area contributed by atoms with Crippen molar-refractivity contribution in [1.82, 2.24) is 19.4 Å². The zero-order valence-corrected chi connectivity index (χ0v) is 16.5. The molecular weight excluding hydrogens is 385 g/mol. The maximum atomic E-state index is 13.0. The molecule has 0 N–H and O–H groups in total. The van der Waals surface area contributed by atoms with Crippen LogP contribution in [0.25, 0.3) is 11.2 Å². The second-order valence-electron chi connectivity index (χ2n) is 7.16. The van der Waals surface area contributed by atoms with Gasteiger partial charge in [-0.25, -0.2) is 14.4 Å². The highest BCUT2D eigenvalue weighted by molar-refractivity contribution is 5.79. The van der Waals surface area contributed by atoms with Crippen molar-refractivity contribution in [2.75, 3.05) is 31.1 Å². The lowest BCUT2D eigenvalue weighted by atomic mass is 10.1. The summed E-state index contributed by atoms with van der Waals surface area (Å²) in [5.74, 6) is 0.0315. The first-order chi connectivity index (χ1) is 14.6. The lowest BCUT2D eigenvalue weighted by molar-refractivity contribution is -0.130. The average molecular weight is 407 g/mol. The van der Waals surface area contributed by atoms with E-state index in [1.165, 1.54) is 12.1 Å². The molecule has 0 radical (unpaired) electrons. The van der Waals surface area contributed by atoms with Gasteiger partial charge in [-0.2, -0.15) is 0 Å². The Bertz CT molecular complexity index is 1130. The van der Waals surface area contributed by atoms with E-state index in [4.69, 9.17) is 0 Å². The normalized spacial score (nSPS) is 14.2. The van der Waals surface area contributed by atoms with Gasteiger partial charge in [-0.15, -0.1) is 6.58 Å². The first kappa shape index (κ1) is 19.8. The fourth-order valence-electron chi connectivity index (χ4n) is 3.62. The van der Waals surface area contributed by atoms with Crippen LogP contribution in [0.4, 0.5) is 10.2 Å². The Kier molecular flexibility index (Phi) is 5.56. The molecule has 1 saturated heterocycles. The Labute approximate surface area is 173 Å². The van der Waals surface area contributed by atoms with Gasteiger partial charge < -0.3 is 9.80 Å². The van der Waals surface area contributed by atoms with Gasteiger partial charge in [0, 0.05) is 38.9 Å². The van der Waals surface area contributed by atoms with E-state index < -0.39 is 0 Å². The molecule has 30 heavy (non-hydrogen) atoms. The number of piperazine rings is 1. The number of aromatic nitrogens is 3. The molecule has 4 rings (SSSR count). The molecular formula is C22H22FN5O2. The molecule has 3 aromatic rings. The number of fused-ring (bicyclic) bond motifs is 1. The number of benzene rings is 1. The van der Waals surface area contributed by atoms with Crippen LogP contribution in [0.2, 0.25) is 0 Å². The second-order valence-corrected chi connectivity index (χ2v) is 7.16. The second kappa shape index (κ2) is 8.44. The minimum atomic E-state index is -0.319. The van der Waals surface area contributed by atoms with Crippen LogP contribution in [-0.4, -0.2) is 51.5 Å². The molecule has 0 saturated carbocycles. The Morgan fingerprint density at radius 1 is 1.13 bits per heavy atom. The highest BCUT2D eigenvalue weighted by Crippen LogP contribution is 2.15. The van der Waals surface area contributed by atoms with Crippen LogP contribution < -0.4 is 10.5 Å². The molecule has 8 heteroatoms. The number of carbonyl (C=O) groups excluding carboxylic acids is 1. The molecule has 1 amide bonds. The number of carbonyl (C=O) groups is 1. The van der Waals surface area contributed by atoms with Crippen LogP contribution in [0.15, 0.2) is 60.0 Å². The maximum Gasteiger partial charge on any atom is 0.295 e. The third-order valence-corrected chi connectivity index (χ3v) is 5.20. The molecule has 0 atom stereocenters. The van der Waals surface area contributed by atoms with Gasteiger partial charge in [0.25, 0.3) is 5.56 Å². The van der Waals surface area contributed by atoms with E-state index in [-0.39, 0.29) is 23.7 Å². The summed E-state index contributed by atoms with van der Waals surface area (Å²) in [4.78, 5) is 38.1. The van der Waals surface area contributed by atoms with Crippen molar-refractivity contribution >= 4 is 22.9 Å². The Morgan fingerprint density at radius 3 is 2.57 bits per heavy atom. The summed E-state index contributed by atoms with van der Waals surface area (Å²) in [7, 11) is 0. The molecule has 0 bridgehead atoms. The van der Waals surface area contributed by atoms with Crippen molar-refractivity contribution in [2.45, 2.75) is 13.0 Å². The molecule has 0 unspecified atom stereocenters. The first-order valence-corrected chi connectivity index (χ1v) is 9.80. The summed E-state index contributed by atoms with van der Waals surface area (Å²) in [6.07, 6.45) is 3.52. The van der Waals surface area contributed by atoms with Gasteiger partial charge in [0.2, 0.25) is 5.91 Å². The van der Waals surface area contributed by atoms with Crippen LogP contribution in [-0.2, 0) is 17.8 Å². The van der Waals surface area contributed by atoms with Crippen molar-refractivity contribution < 1.29 is 9.18 Å². The predicted molar refractivity (Wildman–Crippen MR) is 113 cm³/mol. The molecule has 1 fully saturated rings. The van der Waals surface area contributed by atoms with E-state index in [9.17, 15) is 14.0 Å². The summed E-state index contributed by atoms with van der Waals surface area (Å²) < 4.78 is 14.6. The first-order valence-electron chi connectivity index (χ1n) is 9.80. The fourth-order valence-corrected chi connectivity index (χ4v) is 3.62. The lowest BCUT2D eigenvalue weighted by Crippen LogP contribution is -2.51. The zero-order chi connectivity index (χ0) is 21.1. The van der Waals surface area contributed by atoms with Gasteiger partial charge in [-0.3, -0.25) is 14.2 Å². The van der Waals surface area contributed by atoms with E-state index in [1.54, 1.807) is 39.9 Å². The number of nitrogens with zero attached hydrogens (tertiary/aromatic N) is 5. The fraction of sp³-hybridized carbons (Fsp3) is 0.273. The Hall–Kier alpha value is -3.55. The molecule has 1 aliphatic heterocycles. The van der Waals surface area contributed by atoms with Crippen molar-refractivity contribution in [3.05, 3.63) is 77.0 Å². The number of pyridine rings is 1. The summed E-state index contributed by atoms with van der Waals surface area (Å²) >= 11 is 0. The average Bonchev–Trinajstić information content (AvgIpc) is 2.77. The SMILES string of the molecule is C=CCn1c(=O)c(N2CCN(C(=O)Cc3ccc(F)cc3)CC2)nc2cccnc21. The number of hydrogen-bond donors (Lipinski definition) is 0. The highest BCUT2D eigenvalue weighted by atomic mass is 19.1.